The molecule has 0 amide bonds. The zero-order valence-electron chi connectivity index (χ0n) is 13.0. The van der Waals surface area contributed by atoms with Crippen LogP contribution in [0, 0.1) is 6.92 Å². The van der Waals surface area contributed by atoms with Crippen LogP contribution in [-0.4, -0.2) is 14.9 Å². The van der Waals surface area contributed by atoms with Crippen molar-refractivity contribution in [1.29, 1.82) is 0 Å². The third-order valence-corrected chi connectivity index (χ3v) is 3.86. The highest BCUT2D eigenvalue weighted by molar-refractivity contribution is 5.71. The van der Waals surface area contributed by atoms with Gasteiger partial charge in [0.2, 0.25) is 5.88 Å². The first-order chi connectivity index (χ1) is 10.7. The van der Waals surface area contributed by atoms with Crippen molar-refractivity contribution < 1.29 is 5.11 Å². The molecular formula is C19H20N2O. The molecule has 0 aliphatic heterocycles. The number of rotatable bonds is 4. The third kappa shape index (κ3) is 2.50. The summed E-state index contributed by atoms with van der Waals surface area (Å²) in [7, 11) is 0. The fourth-order valence-corrected chi connectivity index (χ4v) is 2.79. The first kappa shape index (κ1) is 14.4. The Kier molecular flexibility index (Phi) is 3.96. The van der Waals surface area contributed by atoms with E-state index in [0.29, 0.717) is 0 Å². The lowest BCUT2D eigenvalue weighted by Gasteiger charge is -2.11. The summed E-state index contributed by atoms with van der Waals surface area (Å²) in [5.41, 5.74) is 5.15. The van der Waals surface area contributed by atoms with Gasteiger partial charge in [-0.1, -0.05) is 55.8 Å². The maximum Gasteiger partial charge on any atom is 0.234 e. The first-order valence-electron chi connectivity index (χ1n) is 7.64. The number of benzene rings is 2. The molecule has 0 radical (unpaired) electrons. The zero-order valence-corrected chi connectivity index (χ0v) is 13.0. The number of para-hydroxylation sites is 1. The van der Waals surface area contributed by atoms with Crippen molar-refractivity contribution in [2.75, 3.05) is 0 Å². The van der Waals surface area contributed by atoms with Crippen LogP contribution in [0.4, 0.5) is 0 Å². The van der Waals surface area contributed by atoms with Gasteiger partial charge in [-0.3, -0.25) is 0 Å². The van der Waals surface area contributed by atoms with E-state index in [1.807, 2.05) is 47.1 Å². The summed E-state index contributed by atoms with van der Waals surface area (Å²) < 4.78 is 1.85. The number of aromatic nitrogens is 2. The van der Waals surface area contributed by atoms with Crippen LogP contribution in [0.5, 0.6) is 5.88 Å². The number of nitrogens with zero attached hydrogens (tertiary/aromatic N) is 2. The van der Waals surface area contributed by atoms with E-state index in [2.05, 4.69) is 31.1 Å². The van der Waals surface area contributed by atoms with E-state index in [1.165, 1.54) is 5.56 Å². The largest absolute Gasteiger partial charge is 0.492 e. The first-order valence-corrected chi connectivity index (χ1v) is 7.64. The smallest absolute Gasteiger partial charge is 0.234 e. The van der Waals surface area contributed by atoms with Gasteiger partial charge >= 0.3 is 0 Å². The second-order valence-corrected chi connectivity index (χ2v) is 5.46. The van der Waals surface area contributed by atoms with Crippen molar-refractivity contribution in [3.63, 3.8) is 0 Å². The average Bonchev–Trinajstić information content (AvgIpc) is 2.86. The van der Waals surface area contributed by atoms with Gasteiger partial charge in [0, 0.05) is 11.1 Å². The molecular weight excluding hydrogens is 272 g/mol. The van der Waals surface area contributed by atoms with Crippen LogP contribution >= 0.6 is 0 Å². The summed E-state index contributed by atoms with van der Waals surface area (Å²) in [6.45, 7) is 4.20. The summed E-state index contributed by atoms with van der Waals surface area (Å²) in [6.07, 6.45) is 1.77. The lowest BCUT2D eigenvalue weighted by molar-refractivity contribution is 0.442. The Morgan fingerprint density at radius 2 is 1.68 bits per heavy atom. The Hall–Kier alpha value is -2.55. The van der Waals surface area contributed by atoms with E-state index in [4.69, 9.17) is 0 Å². The molecule has 2 aromatic carbocycles. The van der Waals surface area contributed by atoms with Crippen molar-refractivity contribution in [3.8, 4) is 22.8 Å². The molecule has 1 N–H and O–H groups in total. The van der Waals surface area contributed by atoms with E-state index in [0.717, 1.165) is 35.3 Å². The van der Waals surface area contributed by atoms with E-state index >= 15 is 0 Å². The molecule has 1 aromatic heterocycles. The predicted molar refractivity (Wildman–Crippen MR) is 89.4 cm³/mol. The molecule has 22 heavy (non-hydrogen) atoms. The Labute approximate surface area is 130 Å². The molecule has 0 saturated carbocycles. The van der Waals surface area contributed by atoms with E-state index < -0.39 is 0 Å². The van der Waals surface area contributed by atoms with Crippen molar-refractivity contribution in [1.82, 2.24) is 9.78 Å². The predicted octanol–water partition coefficient (Wildman–Crippen LogP) is 4.51. The molecule has 112 valence electrons. The molecule has 3 rings (SSSR count). The molecule has 1 heterocycles. The normalized spacial score (nSPS) is 10.8. The number of aryl methyl sites for hydroxylation is 1. The van der Waals surface area contributed by atoms with E-state index in [1.54, 1.807) is 0 Å². The van der Waals surface area contributed by atoms with Gasteiger partial charge in [0.1, 0.15) is 0 Å². The topological polar surface area (TPSA) is 38.1 Å². The molecule has 0 fully saturated rings. The van der Waals surface area contributed by atoms with Crippen molar-refractivity contribution in [2.24, 2.45) is 0 Å². The maximum absolute atomic E-state index is 10.3. The molecule has 0 aliphatic rings. The van der Waals surface area contributed by atoms with Crippen LogP contribution in [0.25, 0.3) is 16.9 Å². The van der Waals surface area contributed by atoms with Gasteiger partial charge in [-0.2, -0.15) is 0 Å². The average molecular weight is 292 g/mol. The second-order valence-electron chi connectivity index (χ2n) is 5.46. The Bertz CT molecular complexity index is 775. The van der Waals surface area contributed by atoms with Crippen LogP contribution in [0.2, 0.25) is 0 Å². The molecule has 0 spiro atoms. The van der Waals surface area contributed by atoms with Crippen LogP contribution in [0.3, 0.4) is 0 Å². The minimum atomic E-state index is 0.129. The Balaban J connectivity index is 2.28. The van der Waals surface area contributed by atoms with E-state index in [-0.39, 0.29) is 5.88 Å². The van der Waals surface area contributed by atoms with Gasteiger partial charge in [-0.15, -0.1) is 5.10 Å². The third-order valence-electron chi connectivity index (χ3n) is 3.86. The Morgan fingerprint density at radius 1 is 1.00 bits per heavy atom. The molecule has 0 aliphatic carbocycles. The van der Waals surface area contributed by atoms with Crippen molar-refractivity contribution >= 4 is 0 Å². The highest BCUT2D eigenvalue weighted by Crippen LogP contribution is 2.34. The van der Waals surface area contributed by atoms with Gasteiger partial charge in [0.05, 0.1) is 11.4 Å². The summed E-state index contributed by atoms with van der Waals surface area (Å²) in [6, 6.07) is 18.2. The molecule has 0 atom stereocenters. The van der Waals surface area contributed by atoms with Gasteiger partial charge < -0.3 is 5.11 Å². The number of hydrogen-bond acceptors (Lipinski definition) is 2. The number of aromatic hydroxyl groups is 1. The molecule has 0 saturated heterocycles. The van der Waals surface area contributed by atoms with Gasteiger partial charge in [-0.25, -0.2) is 4.68 Å². The highest BCUT2D eigenvalue weighted by Gasteiger charge is 2.20. The van der Waals surface area contributed by atoms with Crippen molar-refractivity contribution in [3.05, 3.63) is 65.7 Å². The fourth-order valence-electron chi connectivity index (χ4n) is 2.79. The van der Waals surface area contributed by atoms with Crippen molar-refractivity contribution in [2.45, 2.75) is 26.7 Å². The van der Waals surface area contributed by atoms with Gasteiger partial charge in [-0.05, 0) is 31.0 Å². The fraction of sp³-hybridized carbons (Fsp3) is 0.211. The minimum absolute atomic E-state index is 0.129. The van der Waals surface area contributed by atoms with Crippen LogP contribution in [0.1, 0.15) is 24.5 Å². The van der Waals surface area contributed by atoms with Crippen LogP contribution in [0.15, 0.2) is 54.6 Å². The van der Waals surface area contributed by atoms with E-state index in [9.17, 15) is 5.11 Å². The summed E-state index contributed by atoms with van der Waals surface area (Å²) >= 11 is 0. The van der Waals surface area contributed by atoms with Crippen LogP contribution in [-0.2, 0) is 6.42 Å². The molecule has 3 nitrogen and oxygen atoms in total. The maximum atomic E-state index is 10.3. The minimum Gasteiger partial charge on any atom is -0.492 e. The Morgan fingerprint density at radius 3 is 2.36 bits per heavy atom. The number of hydrogen-bond donors (Lipinski definition) is 1. The summed E-state index contributed by atoms with van der Waals surface area (Å²) in [4.78, 5) is 0. The monoisotopic (exact) mass is 292 g/mol. The summed E-state index contributed by atoms with van der Waals surface area (Å²) in [5, 5.41) is 14.7. The molecule has 0 bridgehead atoms. The quantitative estimate of drug-likeness (QED) is 0.768. The molecule has 3 aromatic rings. The standard InChI is InChI=1S/C19H20N2O/c1-3-9-17-18(16-13-8-7-10-14(16)2)21(20-19(17)22)15-11-5-4-6-12-15/h4-8,10-13H,3,9H2,1-2H3,(H,20,22). The van der Waals surface area contributed by atoms with Crippen LogP contribution < -0.4 is 0 Å². The zero-order chi connectivity index (χ0) is 15.5. The van der Waals surface area contributed by atoms with Gasteiger partial charge in [0.15, 0.2) is 0 Å². The molecule has 0 unspecified atom stereocenters. The lowest BCUT2D eigenvalue weighted by Crippen LogP contribution is -2.01. The second kappa shape index (κ2) is 6.06. The molecule has 3 heteroatoms. The summed E-state index contributed by atoms with van der Waals surface area (Å²) in [5.74, 6) is 0.129. The van der Waals surface area contributed by atoms with Gasteiger partial charge in [0.25, 0.3) is 0 Å². The SMILES string of the molecule is CCCc1c(O)nn(-c2ccccc2)c1-c1ccccc1C. The lowest BCUT2D eigenvalue weighted by atomic mass is 10.00. The highest BCUT2D eigenvalue weighted by atomic mass is 16.3.